The van der Waals surface area contributed by atoms with E-state index >= 15 is 0 Å². The highest BCUT2D eigenvalue weighted by Gasteiger charge is 2.57. The molecular formula is C7H8Br6. The summed E-state index contributed by atoms with van der Waals surface area (Å²) >= 11 is 22.2. The predicted octanol–water partition coefficient (Wildman–Crippen LogP) is 6.02. The van der Waals surface area contributed by atoms with Crippen LogP contribution in [-0.2, 0) is 0 Å². The monoisotopic (exact) mass is 566 g/mol. The molecule has 1 fully saturated rings. The molecule has 0 unspecified atom stereocenters. The molecule has 6 heteroatoms. The topological polar surface area (TPSA) is 0 Å². The molecule has 78 valence electrons. The van der Waals surface area contributed by atoms with Gasteiger partial charge < -0.3 is 0 Å². The van der Waals surface area contributed by atoms with Crippen LogP contribution in [0, 0.1) is 0 Å². The molecule has 1 saturated carbocycles. The Bertz CT molecular complexity index is 177. The van der Waals surface area contributed by atoms with Gasteiger partial charge in [0.1, 0.15) is 9.70 Å². The molecule has 0 nitrogen and oxygen atoms in total. The molecule has 0 bridgehead atoms. The van der Waals surface area contributed by atoms with Gasteiger partial charge in [-0.25, -0.2) is 0 Å². The molecule has 0 radical (unpaired) electrons. The molecule has 0 spiro atoms. The Hall–Kier alpha value is 2.88. The third kappa shape index (κ3) is 2.76. The van der Waals surface area contributed by atoms with Gasteiger partial charge in [-0.2, -0.15) is 0 Å². The van der Waals surface area contributed by atoms with Crippen LogP contribution < -0.4 is 0 Å². The van der Waals surface area contributed by atoms with Gasteiger partial charge in [0.2, 0.25) is 0 Å². The minimum Gasteiger partial charge on any atom is -0.0701 e. The first kappa shape index (κ1) is 13.9. The van der Waals surface area contributed by atoms with Gasteiger partial charge in [0.15, 0.2) is 0 Å². The fourth-order valence-corrected chi connectivity index (χ4v) is 5.61. The van der Waals surface area contributed by atoms with Gasteiger partial charge in [0.05, 0.1) is 0 Å². The maximum absolute atomic E-state index is 3.71. The van der Waals surface area contributed by atoms with Gasteiger partial charge in [-0.3, -0.25) is 0 Å². The highest BCUT2D eigenvalue weighted by Crippen LogP contribution is 2.64. The SMILES string of the molecule is BrC1(Br)CCCCC(Br)(Br)C1(Br)Br. The van der Waals surface area contributed by atoms with E-state index in [4.69, 9.17) is 0 Å². The van der Waals surface area contributed by atoms with Crippen molar-refractivity contribution in [2.45, 2.75) is 35.4 Å². The van der Waals surface area contributed by atoms with E-state index in [9.17, 15) is 0 Å². The normalized spacial score (nSPS) is 30.9. The Kier molecular flexibility index (Phi) is 4.97. The van der Waals surface area contributed by atoms with Gasteiger partial charge in [0.25, 0.3) is 0 Å². The first-order chi connectivity index (χ1) is 5.71. The van der Waals surface area contributed by atoms with Crippen molar-refractivity contribution in [3.8, 4) is 0 Å². The molecule has 0 saturated heterocycles. The fraction of sp³-hybridized carbons (Fsp3) is 1.00. The lowest BCUT2D eigenvalue weighted by Crippen LogP contribution is -2.46. The number of halogens is 6. The van der Waals surface area contributed by atoms with E-state index < -0.39 is 0 Å². The molecule has 0 aliphatic heterocycles. The van der Waals surface area contributed by atoms with Gasteiger partial charge >= 0.3 is 0 Å². The number of alkyl halides is 6. The van der Waals surface area contributed by atoms with Crippen LogP contribution in [0.1, 0.15) is 25.7 Å². The molecule has 0 amide bonds. The number of hydrogen-bond donors (Lipinski definition) is 0. The molecule has 0 heterocycles. The van der Waals surface area contributed by atoms with E-state index in [1.807, 2.05) is 0 Å². The lowest BCUT2D eigenvalue weighted by molar-refractivity contribution is 0.691. The summed E-state index contributed by atoms with van der Waals surface area (Å²) in [4.78, 5) is 0. The molecule has 0 aromatic heterocycles. The summed E-state index contributed by atoms with van der Waals surface area (Å²) in [6, 6.07) is 0. The van der Waals surface area contributed by atoms with Crippen molar-refractivity contribution < 1.29 is 0 Å². The third-order valence-corrected chi connectivity index (χ3v) is 13.1. The van der Waals surface area contributed by atoms with Gasteiger partial charge in [0, 0.05) is 0 Å². The maximum Gasteiger partial charge on any atom is 0.130 e. The zero-order valence-electron chi connectivity index (χ0n) is 6.60. The fourth-order valence-electron chi connectivity index (χ4n) is 1.28. The van der Waals surface area contributed by atoms with E-state index in [0.29, 0.717) is 0 Å². The van der Waals surface area contributed by atoms with Crippen LogP contribution in [-0.4, -0.2) is 9.70 Å². The van der Waals surface area contributed by atoms with Crippen molar-refractivity contribution >= 4 is 95.6 Å². The smallest absolute Gasteiger partial charge is 0.0701 e. The minimum atomic E-state index is -0.253. The molecule has 0 N–H and O–H groups in total. The van der Waals surface area contributed by atoms with Crippen LogP contribution in [0.25, 0.3) is 0 Å². The molecule has 1 rings (SSSR count). The van der Waals surface area contributed by atoms with Crippen molar-refractivity contribution in [1.82, 2.24) is 0 Å². The van der Waals surface area contributed by atoms with Crippen molar-refractivity contribution in [2.24, 2.45) is 0 Å². The summed E-state index contributed by atoms with van der Waals surface area (Å²) in [5.74, 6) is 0. The van der Waals surface area contributed by atoms with Crippen LogP contribution in [0.2, 0.25) is 0 Å². The van der Waals surface area contributed by atoms with Crippen molar-refractivity contribution in [3.05, 3.63) is 0 Å². The molecule has 1 aliphatic carbocycles. The van der Waals surface area contributed by atoms with Crippen LogP contribution >= 0.6 is 95.6 Å². The Morgan fingerprint density at radius 1 is 0.615 bits per heavy atom. The summed E-state index contributed by atoms with van der Waals surface area (Å²) in [5, 5.41) is 0. The highest BCUT2D eigenvalue weighted by atomic mass is 79.9. The van der Waals surface area contributed by atoms with E-state index in [1.54, 1.807) is 0 Å². The molecule has 0 atom stereocenters. The second-order valence-corrected chi connectivity index (χ2v) is 14.2. The van der Waals surface area contributed by atoms with E-state index in [0.717, 1.165) is 12.8 Å². The zero-order valence-corrected chi connectivity index (χ0v) is 16.1. The standard InChI is InChI=1S/C7H8Br6/c8-5(9)3-1-2-4-6(10,11)7(5,12)13/h1-4H2. The molecular weight excluding hydrogens is 564 g/mol. The van der Waals surface area contributed by atoms with Crippen LogP contribution in [0.4, 0.5) is 0 Å². The van der Waals surface area contributed by atoms with Crippen LogP contribution in [0.15, 0.2) is 0 Å². The first-order valence-electron chi connectivity index (χ1n) is 3.84. The quantitative estimate of drug-likeness (QED) is 0.247. The van der Waals surface area contributed by atoms with Crippen LogP contribution in [0.3, 0.4) is 0 Å². The number of hydrogen-bond acceptors (Lipinski definition) is 0. The Labute approximate surface area is 129 Å². The largest absolute Gasteiger partial charge is 0.130 e. The zero-order chi connectivity index (χ0) is 10.3. The van der Waals surface area contributed by atoms with E-state index in [2.05, 4.69) is 95.6 Å². The summed E-state index contributed by atoms with van der Waals surface area (Å²) < 4.78 is -0.538. The summed E-state index contributed by atoms with van der Waals surface area (Å²) in [6.45, 7) is 0. The third-order valence-electron chi connectivity index (χ3n) is 2.15. The molecule has 13 heavy (non-hydrogen) atoms. The summed E-state index contributed by atoms with van der Waals surface area (Å²) in [5.41, 5.74) is 0. The van der Waals surface area contributed by atoms with Crippen molar-refractivity contribution in [3.63, 3.8) is 0 Å². The summed E-state index contributed by atoms with van der Waals surface area (Å²) in [6.07, 6.45) is 4.55. The van der Waals surface area contributed by atoms with E-state index in [-0.39, 0.29) is 9.70 Å². The Morgan fingerprint density at radius 2 is 0.923 bits per heavy atom. The van der Waals surface area contributed by atoms with Gasteiger partial charge in [-0.05, 0) is 12.8 Å². The number of rotatable bonds is 0. The molecule has 0 aromatic rings. The van der Waals surface area contributed by atoms with Crippen molar-refractivity contribution in [1.29, 1.82) is 0 Å². The molecule has 0 aromatic carbocycles. The Balaban J connectivity index is 3.03. The Morgan fingerprint density at radius 3 is 1.23 bits per heavy atom. The minimum absolute atomic E-state index is 0.142. The predicted molar refractivity (Wildman–Crippen MR) is 80.2 cm³/mol. The second-order valence-electron chi connectivity index (χ2n) is 3.19. The van der Waals surface area contributed by atoms with Gasteiger partial charge in [-0.15, -0.1) is 0 Å². The van der Waals surface area contributed by atoms with E-state index in [1.165, 1.54) is 12.8 Å². The average molecular weight is 572 g/mol. The lowest BCUT2D eigenvalue weighted by atomic mass is 10.2. The van der Waals surface area contributed by atoms with Crippen molar-refractivity contribution in [2.75, 3.05) is 0 Å². The average Bonchev–Trinajstić information content (AvgIpc) is 2.01. The summed E-state index contributed by atoms with van der Waals surface area (Å²) in [7, 11) is 0. The second kappa shape index (κ2) is 4.63. The highest BCUT2D eigenvalue weighted by molar-refractivity contribution is 9.33. The van der Waals surface area contributed by atoms with Crippen LogP contribution in [0.5, 0.6) is 0 Å². The lowest BCUT2D eigenvalue weighted by Gasteiger charge is -2.41. The first-order valence-corrected chi connectivity index (χ1v) is 8.60. The van der Waals surface area contributed by atoms with Gasteiger partial charge in [-0.1, -0.05) is 108 Å². The molecule has 1 aliphatic rings. The maximum atomic E-state index is 3.71.